The SMILES string of the molecule is CCCNC(C)CN(CC)c1ccc(C)cc1. The van der Waals surface area contributed by atoms with E-state index in [4.69, 9.17) is 0 Å². The molecule has 0 saturated carbocycles. The summed E-state index contributed by atoms with van der Waals surface area (Å²) in [6.07, 6.45) is 1.20. The van der Waals surface area contributed by atoms with Crippen molar-refractivity contribution in [2.24, 2.45) is 0 Å². The van der Waals surface area contributed by atoms with Crippen LogP contribution in [-0.2, 0) is 0 Å². The molecule has 2 heteroatoms. The lowest BCUT2D eigenvalue weighted by Gasteiger charge is -2.27. The van der Waals surface area contributed by atoms with Crippen molar-refractivity contribution in [1.82, 2.24) is 5.32 Å². The van der Waals surface area contributed by atoms with Crippen LogP contribution in [0.3, 0.4) is 0 Å². The van der Waals surface area contributed by atoms with Gasteiger partial charge in [0.1, 0.15) is 0 Å². The third kappa shape index (κ3) is 4.78. The topological polar surface area (TPSA) is 15.3 Å². The molecule has 17 heavy (non-hydrogen) atoms. The lowest BCUT2D eigenvalue weighted by Crippen LogP contribution is -2.39. The van der Waals surface area contributed by atoms with Gasteiger partial charge in [-0.3, -0.25) is 0 Å². The number of nitrogens with zero attached hydrogens (tertiary/aromatic N) is 1. The Morgan fingerprint density at radius 3 is 2.35 bits per heavy atom. The van der Waals surface area contributed by atoms with E-state index in [2.05, 4.69) is 62.2 Å². The van der Waals surface area contributed by atoms with Crippen LogP contribution in [0.25, 0.3) is 0 Å². The van der Waals surface area contributed by atoms with Gasteiger partial charge < -0.3 is 10.2 Å². The van der Waals surface area contributed by atoms with E-state index in [-0.39, 0.29) is 0 Å². The summed E-state index contributed by atoms with van der Waals surface area (Å²) in [6, 6.07) is 9.33. The van der Waals surface area contributed by atoms with E-state index in [0.717, 1.165) is 19.6 Å². The lowest BCUT2D eigenvalue weighted by atomic mass is 10.2. The summed E-state index contributed by atoms with van der Waals surface area (Å²) in [6.45, 7) is 12.0. The maximum Gasteiger partial charge on any atom is 0.0366 e. The van der Waals surface area contributed by atoms with Gasteiger partial charge >= 0.3 is 0 Å². The summed E-state index contributed by atoms with van der Waals surface area (Å²) in [5.41, 5.74) is 2.64. The highest BCUT2D eigenvalue weighted by Crippen LogP contribution is 2.15. The molecule has 0 radical (unpaired) electrons. The largest absolute Gasteiger partial charge is 0.370 e. The molecule has 0 fully saturated rings. The zero-order valence-corrected chi connectivity index (χ0v) is 11.7. The molecule has 1 unspecified atom stereocenters. The average molecular weight is 234 g/mol. The fourth-order valence-corrected chi connectivity index (χ4v) is 1.96. The van der Waals surface area contributed by atoms with Crippen LogP contribution in [-0.4, -0.2) is 25.7 Å². The molecule has 0 aromatic heterocycles. The van der Waals surface area contributed by atoms with Crippen molar-refractivity contribution in [3.63, 3.8) is 0 Å². The summed E-state index contributed by atoms with van der Waals surface area (Å²) in [5.74, 6) is 0. The maximum absolute atomic E-state index is 3.54. The van der Waals surface area contributed by atoms with Crippen LogP contribution in [0.15, 0.2) is 24.3 Å². The number of rotatable bonds is 7. The first kappa shape index (κ1) is 14.0. The maximum atomic E-state index is 3.54. The van der Waals surface area contributed by atoms with Crippen LogP contribution in [0.4, 0.5) is 5.69 Å². The monoisotopic (exact) mass is 234 g/mol. The molecular weight excluding hydrogens is 208 g/mol. The Hall–Kier alpha value is -1.02. The van der Waals surface area contributed by atoms with Crippen LogP contribution < -0.4 is 10.2 Å². The molecule has 96 valence electrons. The Morgan fingerprint density at radius 2 is 1.82 bits per heavy atom. The first-order valence-corrected chi connectivity index (χ1v) is 6.72. The lowest BCUT2D eigenvalue weighted by molar-refractivity contribution is 0.536. The first-order valence-electron chi connectivity index (χ1n) is 6.72. The molecule has 0 aliphatic heterocycles. The number of nitrogens with one attached hydrogen (secondary N) is 1. The van der Waals surface area contributed by atoms with Crippen LogP contribution in [0.5, 0.6) is 0 Å². The Bertz CT molecular complexity index is 305. The van der Waals surface area contributed by atoms with Gasteiger partial charge in [-0.05, 0) is 45.9 Å². The molecule has 1 atom stereocenters. The van der Waals surface area contributed by atoms with Crippen molar-refractivity contribution in [2.45, 2.75) is 40.2 Å². The molecule has 0 spiro atoms. The van der Waals surface area contributed by atoms with E-state index in [1.54, 1.807) is 0 Å². The Labute approximate surface area is 106 Å². The number of anilines is 1. The van der Waals surface area contributed by atoms with Gasteiger partial charge in [0.05, 0.1) is 0 Å². The predicted octanol–water partition coefficient (Wildman–Crippen LogP) is 3.21. The Balaban J connectivity index is 2.56. The number of hydrogen-bond donors (Lipinski definition) is 1. The third-order valence-electron chi connectivity index (χ3n) is 3.02. The van der Waals surface area contributed by atoms with Crippen molar-refractivity contribution in [1.29, 1.82) is 0 Å². The van der Waals surface area contributed by atoms with Crippen molar-refractivity contribution in [2.75, 3.05) is 24.5 Å². The standard InChI is InChI=1S/C15H26N2/c1-5-11-16-14(4)12-17(6-2)15-9-7-13(3)8-10-15/h7-10,14,16H,5-6,11-12H2,1-4H3. The molecule has 0 bridgehead atoms. The molecule has 0 heterocycles. The van der Waals surface area contributed by atoms with E-state index >= 15 is 0 Å². The van der Waals surface area contributed by atoms with E-state index in [9.17, 15) is 0 Å². The second kappa shape index (κ2) is 7.33. The van der Waals surface area contributed by atoms with Crippen molar-refractivity contribution in [3.8, 4) is 0 Å². The van der Waals surface area contributed by atoms with Gasteiger partial charge in [0.15, 0.2) is 0 Å². The summed E-state index contributed by atoms with van der Waals surface area (Å²) in [7, 11) is 0. The van der Waals surface area contributed by atoms with Gasteiger partial charge in [-0.25, -0.2) is 0 Å². The highest BCUT2D eigenvalue weighted by Gasteiger charge is 2.08. The zero-order chi connectivity index (χ0) is 12.7. The molecule has 1 aromatic carbocycles. The van der Waals surface area contributed by atoms with Gasteiger partial charge in [-0.2, -0.15) is 0 Å². The number of hydrogen-bond acceptors (Lipinski definition) is 2. The molecular formula is C15H26N2. The number of aryl methyl sites for hydroxylation is 1. The molecule has 0 saturated heterocycles. The van der Waals surface area contributed by atoms with E-state index in [0.29, 0.717) is 6.04 Å². The zero-order valence-electron chi connectivity index (χ0n) is 11.7. The molecule has 0 aliphatic rings. The summed E-state index contributed by atoms with van der Waals surface area (Å²) in [5, 5.41) is 3.54. The van der Waals surface area contributed by atoms with E-state index in [1.165, 1.54) is 17.7 Å². The quantitative estimate of drug-likeness (QED) is 0.779. The van der Waals surface area contributed by atoms with Crippen LogP contribution in [0.2, 0.25) is 0 Å². The summed E-state index contributed by atoms with van der Waals surface area (Å²) < 4.78 is 0. The summed E-state index contributed by atoms with van der Waals surface area (Å²) >= 11 is 0. The Kier molecular flexibility index (Phi) is 6.06. The average Bonchev–Trinajstić information content (AvgIpc) is 2.34. The third-order valence-corrected chi connectivity index (χ3v) is 3.02. The molecule has 1 rings (SSSR count). The summed E-state index contributed by atoms with van der Waals surface area (Å²) in [4.78, 5) is 2.42. The highest BCUT2D eigenvalue weighted by molar-refractivity contribution is 5.47. The minimum Gasteiger partial charge on any atom is -0.370 e. The molecule has 0 aliphatic carbocycles. The second-order valence-electron chi connectivity index (χ2n) is 4.73. The van der Waals surface area contributed by atoms with Gasteiger partial charge in [0, 0.05) is 24.8 Å². The van der Waals surface area contributed by atoms with Gasteiger partial charge in [-0.15, -0.1) is 0 Å². The van der Waals surface area contributed by atoms with Crippen LogP contribution in [0, 0.1) is 6.92 Å². The van der Waals surface area contributed by atoms with Crippen LogP contribution >= 0.6 is 0 Å². The predicted molar refractivity (Wildman–Crippen MR) is 76.8 cm³/mol. The molecule has 2 nitrogen and oxygen atoms in total. The molecule has 1 aromatic rings. The first-order chi connectivity index (χ1) is 8.17. The van der Waals surface area contributed by atoms with Gasteiger partial charge in [-0.1, -0.05) is 24.6 Å². The van der Waals surface area contributed by atoms with E-state index in [1.807, 2.05) is 0 Å². The minimum atomic E-state index is 0.538. The molecule has 0 amide bonds. The number of benzene rings is 1. The fraction of sp³-hybridized carbons (Fsp3) is 0.600. The van der Waals surface area contributed by atoms with Crippen LogP contribution in [0.1, 0.15) is 32.8 Å². The number of likely N-dealkylation sites (N-methyl/N-ethyl adjacent to an activating group) is 1. The minimum absolute atomic E-state index is 0.538. The van der Waals surface area contributed by atoms with Gasteiger partial charge in [0.25, 0.3) is 0 Å². The van der Waals surface area contributed by atoms with Gasteiger partial charge in [0.2, 0.25) is 0 Å². The van der Waals surface area contributed by atoms with E-state index < -0.39 is 0 Å². The molecule has 1 N–H and O–H groups in total. The second-order valence-corrected chi connectivity index (χ2v) is 4.73. The van der Waals surface area contributed by atoms with Crippen molar-refractivity contribution in [3.05, 3.63) is 29.8 Å². The highest BCUT2D eigenvalue weighted by atomic mass is 15.1. The fourth-order valence-electron chi connectivity index (χ4n) is 1.96. The van der Waals surface area contributed by atoms with Crippen molar-refractivity contribution >= 4 is 5.69 Å². The smallest absolute Gasteiger partial charge is 0.0366 e. The van der Waals surface area contributed by atoms with Crippen molar-refractivity contribution < 1.29 is 0 Å². The normalized spacial score (nSPS) is 12.5. The Morgan fingerprint density at radius 1 is 1.18 bits per heavy atom.